The lowest BCUT2D eigenvalue weighted by molar-refractivity contribution is 0.0950. The highest BCUT2D eigenvalue weighted by molar-refractivity contribution is 9.10. The van der Waals surface area contributed by atoms with Crippen molar-refractivity contribution in [2.75, 3.05) is 0 Å². The van der Waals surface area contributed by atoms with E-state index < -0.39 is 0 Å². The van der Waals surface area contributed by atoms with Gasteiger partial charge in [0, 0.05) is 29.0 Å². The van der Waals surface area contributed by atoms with Crippen molar-refractivity contribution in [2.45, 2.75) is 6.54 Å². The molecule has 2 aromatic heterocycles. The highest BCUT2D eigenvalue weighted by atomic mass is 79.9. The Hall–Kier alpha value is -1.62. The maximum Gasteiger partial charge on any atom is 0.253 e. The fourth-order valence-corrected chi connectivity index (χ4v) is 1.58. The molecule has 2 rings (SSSR count). The minimum atomic E-state index is -0.157. The van der Waals surface area contributed by atoms with E-state index in [2.05, 4.69) is 26.2 Å². The predicted molar refractivity (Wildman–Crippen MR) is 61.8 cm³/mol. The van der Waals surface area contributed by atoms with Crippen LogP contribution in [-0.2, 0) is 6.54 Å². The highest BCUT2D eigenvalue weighted by Crippen LogP contribution is 2.09. The fourth-order valence-electron chi connectivity index (χ4n) is 1.21. The van der Waals surface area contributed by atoms with Crippen molar-refractivity contribution in [2.24, 2.45) is 0 Å². The first-order chi connectivity index (χ1) is 7.75. The van der Waals surface area contributed by atoms with E-state index in [1.807, 2.05) is 0 Å². The van der Waals surface area contributed by atoms with E-state index in [9.17, 15) is 4.79 Å². The van der Waals surface area contributed by atoms with Gasteiger partial charge in [-0.3, -0.25) is 9.78 Å². The number of halogens is 1. The Labute approximate surface area is 101 Å². The summed E-state index contributed by atoms with van der Waals surface area (Å²) in [6, 6.07) is 3.52. The van der Waals surface area contributed by atoms with Crippen LogP contribution in [0.4, 0.5) is 0 Å². The summed E-state index contributed by atoms with van der Waals surface area (Å²) in [5.41, 5.74) is 1.45. The van der Waals surface area contributed by atoms with Crippen LogP contribution in [0.15, 0.2) is 45.9 Å². The minimum Gasteiger partial charge on any atom is -0.472 e. The molecule has 0 bridgehead atoms. The van der Waals surface area contributed by atoms with Crippen LogP contribution in [0, 0.1) is 0 Å². The van der Waals surface area contributed by atoms with Gasteiger partial charge in [0.05, 0.1) is 18.1 Å². The van der Waals surface area contributed by atoms with E-state index in [1.54, 1.807) is 30.9 Å². The van der Waals surface area contributed by atoms with Crippen molar-refractivity contribution in [3.05, 3.63) is 52.7 Å². The molecule has 0 aliphatic heterocycles. The lowest BCUT2D eigenvalue weighted by Crippen LogP contribution is -2.22. The molecule has 0 aliphatic carbocycles. The van der Waals surface area contributed by atoms with Crippen molar-refractivity contribution >= 4 is 21.8 Å². The van der Waals surface area contributed by atoms with Crippen LogP contribution in [0.2, 0.25) is 0 Å². The van der Waals surface area contributed by atoms with Gasteiger partial charge in [-0.2, -0.15) is 0 Å². The van der Waals surface area contributed by atoms with Gasteiger partial charge in [-0.05, 0) is 28.1 Å². The van der Waals surface area contributed by atoms with Crippen LogP contribution in [0.3, 0.4) is 0 Å². The van der Waals surface area contributed by atoms with Crippen LogP contribution < -0.4 is 5.32 Å². The first-order valence-corrected chi connectivity index (χ1v) is 5.45. The number of nitrogens with one attached hydrogen (secondary N) is 1. The Morgan fingerprint density at radius 1 is 1.50 bits per heavy atom. The first-order valence-electron chi connectivity index (χ1n) is 4.65. The summed E-state index contributed by atoms with van der Waals surface area (Å²) in [7, 11) is 0. The van der Waals surface area contributed by atoms with Crippen LogP contribution in [-0.4, -0.2) is 10.9 Å². The third kappa shape index (κ3) is 2.70. The third-order valence-corrected chi connectivity index (χ3v) is 2.43. The van der Waals surface area contributed by atoms with Gasteiger partial charge in [0.2, 0.25) is 0 Å². The number of carbonyl (C=O) groups is 1. The van der Waals surface area contributed by atoms with Crippen LogP contribution >= 0.6 is 15.9 Å². The van der Waals surface area contributed by atoms with E-state index in [0.717, 1.165) is 10.0 Å². The summed E-state index contributed by atoms with van der Waals surface area (Å²) in [6.45, 7) is 0.446. The number of aromatic nitrogens is 1. The normalized spacial score (nSPS) is 10.1. The monoisotopic (exact) mass is 280 g/mol. The number of carbonyl (C=O) groups excluding carboxylic acids is 1. The topological polar surface area (TPSA) is 55.1 Å². The van der Waals surface area contributed by atoms with Crippen LogP contribution in [0.25, 0.3) is 0 Å². The largest absolute Gasteiger partial charge is 0.472 e. The molecular weight excluding hydrogens is 272 g/mol. The van der Waals surface area contributed by atoms with E-state index >= 15 is 0 Å². The predicted octanol–water partition coefficient (Wildman–Crippen LogP) is 2.37. The summed E-state index contributed by atoms with van der Waals surface area (Å²) >= 11 is 3.26. The second-order valence-electron chi connectivity index (χ2n) is 3.21. The van der Waals surface area contributed by atoms with E-state index in [1.165, 1.54) is 6.20 Å². The SMILES string of the molecule is O=C(NCc1ccoc1)c1cncc(Br)c1. The molecule has 0 spiro atoms. The Balaban J connectivity index is 1.98. The lowest BCUT2D eigenvalue weighted by atomic mass is 10.2. The van der Waals surface area contributed by atoms with Gasteiger partial charge in [0.1, 0.15) is 0 Å². The highest BCUT2D eigenvalue weighted by Gasteiger charge is 2.06. The number of rotatable bonds is 3. The Bertz CT molecular complexity index is 482. The molecular formula is C11H9BrN2O2. The fraction of sp³-hybridized carbons (Fsp3) is 0.0909. The van der Waals surface area contributed by atoms with Crippen molar-refractivity contribution in [1.29, 1.82) is 0 Å². The number of nitrogens with zero attached hydrogens (tertiary/aromatic N) is 1. The maximum atomic E-state index is 11.7. The summed E-state index contributed by atoms with van der Waals surface area (Å²) in [5, 5.41) is 2.77. The van der Waals surface area contributed by atoms with Gasteiger partial charge in [0.25, 0.3) is 5.91 Å². The van der Waals surface area contributed by atoms with Crippen molar-refractivity contribution in [3.8, 4) is 0 Å². The van der Waals surface area contributed by atoms with Crippen molar-refractivity contribution in [3.63, 3.8) is 0 Å². The summed E-state index contributed by atoms with van der Waals surface area (Å²) < 4.78 is 5.68. The standard InChI is InChI=1S/C11H9BrN2O2/c12-10-3-9(5-13-6-10)11(15)14-4-8-1-2-16-7-8/h1-3,5-7H,4H2,(H,14,15). The zero-order valence-corrected chi connectivity index (χ0v) is 9.90. The average Bonchev–Trinajstić information content (AvgIpc) is 2.78. The molecule has 0 aromatic carbocycles. The summed E-state index contributed by atoms with van der Waals surface area (Å²) in [4.78, 5) is 15.6. The average molecular weight is 281 g/mol. The Morgan fingerprint density at radius 3 is 3.06 bits per heavy atom. The van der Waals surface area contributed by atoms with E-state index in [4.69, 9.17) is 4.42 Å². The van der Waals surface area contributed by atoms with Gasteiger partial charge in [-0.15, -0.1) is 0 Å². The molecule has 0 aliphatic rings. The van der Waals surface area contributed by atoms with Gasteiger partial charge >= 0.3 is 0 Å². The van der Waals surface area contributed by atoms with E-state index in [0.29, 0.717) is 12.1 Å². The van der Waals surface area contributed by atoms with E-state index in [-0.39, 0.29) is 5.91 Å². The Kier molecular flexibility index (Phi) is 3.36. The molecule has 1 N–H and O–H groups in total. The molecule has 82 valence electrons. The third-order valence-electron chi connectivity index (χ3n) is 2.00. The first kappa shape index (κ1) is 10.9. The molecule has 0 saturated carbocycles. The minimum absolute atomic E-state index is 0.157. The molecule has 0 atom stereocenters. The number of hydrogen-bond donors (Lipinski definition) is 1. The maximum absolute atomic E-state index is 11.7. The molecule has 16 heavy (non-hydrogen) atoms. The van der Waals surface area contributed by atoms with Crippen molar-refractivity contribution < 1.29 is 9.21 Å². The molecule has 2 aromatic rings. The summed E-state index contributed by atoms with van der Waals surface area (Å²) in [5.74, 6) is -0.157. The van der Waals surface area contributed by atoms with Crippen LogP contribution in [0.5, 0.6) is 0 Å². The molecule has 5 heteroatoms. The number of amides is 1. The second-order valence-corrected chi connectivity index (χ2v) is 4.12. The van der Waals surface area contributed by atoms with Crippen LogP contribution in [0.1, 0.15) is 15.9 Å². The number of furan rings is 1. The van der Waals surface area contributed by atoms with Gasteiger partial charge in [0.15, 0.2) is 0 Å². The second kappa shape index (κ2) is 4.94. The zero-order valence-electron chi connectivity index (χ0n) is 8.31. The van der Waals surface area contributed by atoms with Gasteiger partial charge < -0.3 is 9.73 Å². The van der Waals surface area contributed by atoms with Gasteiger partial charge in [-0.25, -0.2) is 0 Å². The number of pyridine rings is 1. The summed E-state index contributed by atoms with van der Waals surface area (Å²) in [6.07, 6.45) is 6.32. The molecule has 2 heterocycles. The molecule has 0 fully saturated rings. The number of hydrogen-bond acceptors (Lipinski definition) is 3. The quantitative estimate of drug-likeness (QED) is 0.939. The molecule has 1 amide bonds. The molecule has 0 saturated heterocycles. The molecule has 4 nitrogen and oxygen atoms in total. The smallest absolute Gasteiger partial charge is 0.253 e. The molecule has 0 radical (unpaired) electrons. The molecule has 0 unspecified atom stereocenters. The van der Waals surface area contributed by atoms with Gasteiger partial charge in [-0.1, -0.05) is 0 Å². The Morgan fingerprint density at radius 2 is 2.38 bits per heavy atom. The lowest BCUT2D eigenvalue weighted by Gasteiger charge is -2.03. The zero-order chi connectivity index (χ0) is 11.4. The van der Waals surface area contributed by atoms with Crippen molar-refractivity contribution in [1.82, 2.24) is 10.3 Å².